The van der Waals surface area contributed by atoms with Crippen LogP contribution in [0.1, 0.15) is 88.8 Å². The minimum Gasteiger partial charge on any atom is -0.493 e. The number of likely N-dealkylation sites (N-methyl/N-ethyl adjacent to an activating group) is 1. The fourth-order valence-corrected chi connectivity index (χ4v) is 6.83. The minimum atomic E-state index is 0.153. The van der Waals surface area contributed by atoms with E-state index >= 15 is 0 Å². The zero-order valence-corrected chi connectivity index (χ0v) is 28.0. The molecule has 0 N–H and O–H groups in total. The summed E-state index contributed by atoms with van der Waals surface area (Å²) in [5.41, 5.74) is 5.19. The molecule has 1 aliphatic carbocycles. The summed E-state index contributed by atoms with van der Waals surface area (Å²) in [6.45, 7) is 21.0. The second-order valence-electron chi connectivity index (χ2n) is 13.1. The van der Waals surface area contributed by atoms with Gasteiger partial charge < -0.3 is 14.4 Å². The number of rotatable bonds is 19. The maximum atomic E-state index is 6.45. The average Bonchev–Trinajstić information content (AvgIpc) is 2.99. The summed E-state index contributed by atoms with van der Waals surface area (Å²) in [6.07, 6.45) is 10.0. The Labute approximate surface area is 262 Å². The molecule has 3 rings (SSSR count). The lowest BCUT2D eigenvalue weighted by molar-refractivity contribution is 0.0354. The van der Waals surface area contributed by atoms with Crippen LogP contribution in [-0.4, -0.2) is 45.4 Å². The maximum Gasteiger partial charge on any atom is 0.119 e. The van der Waals surface area contributed by atoms with Crippen molar-refractivity contribution in [1.82, 2.24) is 4.90 Å². The van der Waals surface area contributed by atoms with Crippen LogP contribution in [0.2, 0.25) is 5.02 Å². The molecule has 2 aromatic carbocycles. The van der Waals surface area contributed by atoms with Crippen LogP contribution in [0.15, 0.2) is 61.7 Å². The van der Waals surface area contributed by atoms with E-state index in [1.54, 1.807) is 7.11 Å². The molecule has 1 fully saturated rings. The molecule has 0 radical (unpaired) electrons. The lowest BCUT2D eigenvalue weighted by atomic mass is 9.62. The van der Waals surface area contributed by atoms with Gasteiger partial charge in [-0.1, -0.05) is 76.6 Å². The lowest BCUT2D eigenvalue weighted by Crippen LogP contribution is -2.44. The Kier molecular flexibility index (Phi) is 13.7. The first kappa shape index (κ1) is 34.4. The van der Waals surface area contributed by atoms with Crippen molar-refractivity contribution in [3.05, 3.63) is 83.4 Å². The quantitative estimate of drug-likeness (QED) is 0.151. The van der Waals surface area contributed by atoms with E-state index < -0.39 is 0 Å². The average molecular weight is 594 g/mol. The molecule has 3 nitrogen and oxygen atoms in total. The van der Waals surface area contributed by atoms with Crippen molar-refractivity contribution in [1.29, 1.82) is 0 Å². The van der Waals surface area contributed by atoms with Crippen LogP contribution in [0, 0.1) is 23.2 Å². The third kappa shape index (κ3) is 9.73. The lowest BCUT2D eigenvalue weighted by Gasteiger charge is -2.46. The van der Waals surface area contributed by atoms with Crippen molar-refractivity contribution in [2.24, 2.45) is 23.2 Å². The molecule has 1 saturated carbocycles. The van der Waals surface area contributed by atoms with Gasteiger partial charge in [0.25, 0.3) is 0 Å². The topological polar surface area (TPSA) is 21.7 Å². The van der Waals surface area contributed by atoms with Crippen molar-refractivity contribution in [3.63, 3.8) is 0 Å². The highest BCUT2D eigenvalue weighted by Gasteiger charge is 2.39. The van der Waals surface area contributed by atoms with Gasteiger partial charge in [-0.3, -0.25) is 0 Å². The SMILES string of the molecule is C=CC(C)(CCOC)CCC1CC(C)C1CN(C)CC(COc1ccc(C(=C)CC)cc1)c1ccc(Cl)cc1CCC. The first-order chi connectivity index (χ1) is 20.1. The van der Waals surface area contributed by atoms with Gasteiger partial charge in [0.15, 0.2) is 0 Å². The van der Waals surface area contributed by atoms with Gasteiger partial charge in [0, 0.05) is 37.7 Å². The van der Waals surface area contributed by atoms with Crippen LogP contribution < -0.4 is 4.74 Å². The monoisotopic (exact) mass is 593 g/mol. The van der Waals surface area contributed by atoms with E-state index in [0.29, 0.717) is 6.61 Å². The molecule has 0 bridgehead atoms. The summed E-state index contributed by atoms with van der Waals surface area (Å²) >= 11 is 6.45. The van der Waals surface area contributed by atoms with E-state index in [-0.39, 0.29) is 11.3 Å². The van der Waals surface area contributed by atoms with Gasteiger partial charge in [0.1, 0.15) is 5.75 Å². The normalized spacial score (nSPS) is 20.5. The minimum absolute atomic E-state index is 0.153. The number of aryl methyl sites for hydroxylation is 1. The molecule has 0 heterocycles. The van der Waals surface area contributed by atoms with Gasteiger partial charge >= 0.3 is 0 Å². The third-order valence-electron chi connectivity index (χ3n) is 9.73. The Hall–Kier alpha value is -2.07. The zero-order valence-electron chi connectivity index (χ0n) is 27.3. The molecule has 232 valence electrons. The second-order valence-corrected chi connectivity index (χ2v) is 13.5. The van der Waals surface area contributed by atoms with Crippen molar-refractivity contribution in [2.75, 3.05) is 40.5 Å². The molecule has 0 saturated heterocycles. The Balaban J connectivity index is 1.70. The molecule has 42 heavy (non-hydrogen) atoms. The summed E-state index contributed by atoms with van der Waals surface area (Å²) in [5, 5.41) is 0.810. The first-order valence-electron chi connectivity index (χ1n) is 16.1. The summed E-state index contributed by atoms with van der Waals surface area (Å²) in [7, 11) is 4.08. The van der Waals surface area contributed by atoms with Crippen LogP contribution in [0.5, 0.6) is 5.75 Å². The van der Waals surface area contributed by atoms with E-state index in [2.05, 4.69) is 95.3 Å². The van der Waals surface area contributed by atoms with Crippen molar-refractivity contribution >= 4 is 17.2 Å². The molecule has 5 atom stereocenters. The highest BCUT2D eigenvalue weighted by atomic mass is 35.5. The van der Waals surface area contributed by atoms with Crippen LogP contribution in [0.3, 0.4) is 0 Å². The van der Waals surface area contributed by atoms with Crippen molar-refractivity contribution in [3.8, 4) is 5.75 Å². The number of halogens is 1. The fraction of sp³-hybridized carbons (Fsp3) is 0.579. The van der Waals surface area contributed by atoms with Gasteiger partial charge in [-0.05, 0) is 115 Å². The van der Waals surface area contributed by atoms with Gasteiger partial charge in [-0.2, -0.15) is 0 Å². The third-order valence-corrected chi connectivity index (χ3v) is 9.96. The van der Waals surface area contributed by atoms with Crippen LogP contribution in [0.25, 0.3) is 5.57 Å². The first-order valence-corrected chi connectivity index (χ1v) is 16.5. The van der Waals surface area contributed by atoms with Crippen LogP contribution in [0.4, 0.5) is 0 Å². The maximum absolute atomic E-state index is 6.45. The van der Waals surface area contributed by atoms with Gasteiger partial charge in [0.2, 0.25) is 0 Å². The number of nitrogens with zero attached hydrogens (tertiary/aromatic N) is 1. The predicted molar refractivity (Wildman–Crippen MR) is 182 cm³/mol. The molecule has 1 aliphatic rings. The number of hydrogen-bond acceptors (Lipinski definition) is 3. The summed E-state index contributed by atoms with van der Waals surface area (Å²) in [5.74, 6) is 3.44. The molecule has 2 aromatic rings. The number of benzene rings is 2. The van der Waals surface area contributed by atoms with E-state index in [9.17, 15) is 0 Å². The molecular weight excluding hydrogens is 538 g/mol. The van der Waals surface area contributed by atoms with E-state index in [0.717, 1.165) is 79.5 Å². The fourth-order valence-electron chi connectivity index (χ4n) is 6.63. The second kappa shape index (κ2) is 16.7. The van der Waals surface area contributed by atoms with Gasteiger partial charge in [0.05, 0.1) is 6.61 Å². The van der Waals surface area contributed by atoms with Crippen molar-refractivity contribution < 1.29 is 9.47 Å². The van der Waals surface area contributed by atoms with Crippen molar-refractivity contribution in [2.45, 2.75) is 78.6 Å². The molecule has 0 aliphatic heterocycles. The van der Waals surface area contributed by atoms with Crippen LogP contribution >= 0.6 is 11.6 Å². The number of hydrogen-bond donors (Lipinski definition) is 0. The molecule has 0 spiro atoms. The zero-order chi connectivity index (χ0) is 30.7. The highest BCUT2D eigenvalue weighted by molar-refractivity contribution is 6.30. The Morgan fingerprint density at radius 2 is 1.90 bits per heavy atom. The summed E-state index contributed by atoms with van der Waals surface area (Å²) in [4.78, 5) is 2.55. The Morgan fingerprint density at radius 3 is 2.52 bits per heavy atom. The molecule has 4 heteroatoms. The smallest absolute Gasteiger partial charge is 0.119 e. The molecular formula is C38H56ClNO2. The summed E-state index contributed by atoms with van der Waals surface area (Å²) in [6, 6.07) is 14.8. The standard InChI is InChI=1S/C38H56ClNO2/c1-9-12-31-24-34(39)15-18-36(31)33(27-42-35-16-13-30(14-17-35)28(4)10-2)25-40(7)26-37-29(5)23-32(37)19-20-38(6,11-3)21-22-41-8/h11,13-18,24,29,32-33,37H,3-4,9-10,12,19-23,25-27H2,1-2,5-8H3. The summed E-state index contributed by atoms with van der Waals surface area (Å²) < 4.78 is 11.8. The van der Waals surface area contributed by atoms with E-state index in [4.69, 9.17) is 21.1 Å². The number of ether oxygens (including phenoxy) is 2. The number of methoxy groups -OCH3 is 1. The van der Waals surface area contributed by atoms with E-state index in [1.165, 1.54) is 36.0 Å². The van der Waals surface area contributed by atoms with E-state index in [1.807, 2.05) is 6.07 Å². The Bertz CT molecular complexity index is 1130. The van der Waals surface area contributed by atoms with Gasteiger partial charge in [-0.15, -0.1) is 6.58 Å². The number of allylic oxidation sites excluding steroid dienone is 2. The Morgan fingerprint density at radius 1 is 1.17 bits per heavy atom. The predicted octanol–water partition coefficient (Wildman–Crippen LogP) is 10.1. The molecule has 5 unspecified atom stereocenters. The van der Waals surface area contributed by atoms with Crippen LogP contribution in [-0.2, 0) is 11.2 Å². The molecule has 0 aromatic heterocycles. The van der Waals surface area contributed by atoms with Gasteiger partial charge in [-0.25, -0.2) is 0 Å². The highest BCUT2D eigenvalue weighted by Crippen LogP contribution is 2.45. The molecule has 0 amide bonds. The largest absolute Gasteiger partial charge is 0.493 e.